The normalized spacial score (nSPS) is 23.1. The van der Waals surface area contributed by atoms with E-state index in [0.29, 0.717) is 18.5 Å². The van der Waals surface area contributed by atoms with Crippen LogP contribution in [-0.2, 0) is 4.79 Å². The van der Waals surface area contributed by atoms with E-state index < -0.39 is 11.4 Å². The van der Waals surface area contributed by atoms with E-state index in [1.165, 1.54) is 6.20 Å². The molecular formula is C12H13BrN2O3. The van der Waals surface area contributed by atoms with Crippen molar-refractivity contribution in [3.63, 3.8) is 0 Å². The third-order valence-electron chi connectivity index (χ3n) is 3.23. The van der Waals surface area contributed by atoms with Gasteiger partial charge in [-0.2, -0.15) is 0 Å². The second kappa shape index (κ2) is 4.68. The molecule has 2 heterocycles. The van der Waals surface area contributed by atoms with Crippen molar-refractivity contribution in [3.05, 3.63) is 28.5 Å². The molecule has 18 heavy (non-hydrogen) atoms. The van der Waals surface area contributed by atoms with Crippen molar-refractivity contribution in [2.24, 2.45) is 5.41 Å². The Morgan fingerprint density at radius 2 is 2.22 bits per heavy atom. The van der Waals surface area contributed by atoms with Gasteiger partial charge in [-0.1, -0.05) is 0 Å². The Labute approximate surface area is 113 Å². The van der Waals surface area contributed by atoms with Gasteiger partial charge in [-0.3, -0.25) is 14.6 Å². The van der Waals surface area contributed by atoms with Gasteiger partial charge in [0.25, 0.3) is 5.91 Å². The van der Waals surface area contributed by atoms with Crippen molar-refractivity contribution in [2.75, 3.05) is 13.1 Å². The summed E-state index contributed by atoms with van der Waals surface area (Å²) in [6.07, 6.45) is 3.57. The zero-order chi connectivity index (χ0) is 13.3. The summed E-state index contributed by atoms with van der Waals surface area (Å²) in [5.41, 5.74) is -0.367. The average Bonchev–Trinajstić information content (AvgIpc) is 2.72. The van der Waals surface area contributed by atoms with Crippen LogP contribution in [-0.4, -0.2) is 40.0 Å². The van der Waals surface area contributed by atoms with Crippen LogP contribution in [0.25, 0.3) is 0 Å². The lowest BCUT2D eigenvalue weighted by molar-refractivity contribution is -0.147. The third-order valence-corrected chi connectivity index (χ3v) is 3.66. The van der Waals surface area contributed by atoms with Crippen LogP contribution in [0.4, 0.5) is 0 Å². The molecule has 1 aromatic rings. The Balaban J connectivity index is 2.15. The smallest absolute Gasteiger partial charge is 0.311 e. The Hall–Kier alpha value is -1.43. The third kappa shape index (κ3) is 2.38. The molecule has 0 radical (unpaired) electrons. The number of carboxylic acid groups (broad SMARTS) is 1. The number of rotatable bonds is 2. The zero-order valence-corrected chi connectivity index (χ0v) is 11.5. The van der Waals surface area contributed by atoms with Crippen molar-refractivity contribution in [1.82, 2.24) is 9.88 Å². The van der Waals surface area contributed by atoms with Crippen LogP contribution in [0.1, 0.15) is 23.7 Å². The van der Waals surface area contributed by atoms with Crippen LogP contribution in [0.2, 0.25) is 0 Å². The topological polar surface area (TPSA) is 70.5 Å². The van der Waals surface area contributed by atoms with Gasteiger partial charge in [0.05, 0.1) is 11.0 Å². The molecule has 1 fully saturated rings. The number of amides is 1. The first kappa shape index (κ1) is 13.0. The quantitative estimate of drug-likeness (QED) is 0.903. The molecule has 0 bridgehead atoms. The van der Waals surface area contributed by atoms with Gasteiger partial charge >= 0.3 is 5.97 Å². The molecule has 0 saturated carbocycles. The molecule has 1 N–H and O–H groups in total. The average molecular weight is 313 g/mol. The lowest BCUT2D eigenvalue weighted by atomic mass is 9.90. The van der Waals surface area contributed by atoms with E-state index in [1.807, 2.05) is 0 Å². The highest BCUT2D eigenvalue weighted by Gasteiger charge is 2.42. The second-order valence-electron chi connectivity index (χ2n) is 4.73. The molecule has 6 heteroatoms. The predicted octanol–water partition coefficient (Wildman–Crippen LogP) is 1.78. The maximum Gasteiger partial charge on any atom is 0.311 e. The predicted molar refractivity (Wildman–Crippen MR) is 68.2 cm³/mol. The largest absolute Gasteiger partial charge is 0.481 e. The van der Waals surface area contributed by atoms with Gasteiger partial charge < -0.3 is 10.0 Å². The van der Waals surface area contributed by atoms with Gasteiger partial charge in [0.1, 0.15) is 0 Å². The number of hydrogen-bond donors (Lipinski definition) is 1. The highest BCUT2D eigenvalue weighted by atomic mass is 79.9. The first-order valence-electron chi connectivity index (χ1n) is 5.56. The van der Waals surface area contributed by atoms with Crippen molar-refractivity contribution < 1.29 is 14.7 Å². The van der Waals surface area contributed by atoms with E-state index in [4.69, 9.17) is 5.11 Å². The molecule has 0 aromatic carbocycles. The number of halogens is 1. The Bertz CT molecular complexity index is 506. The molecule has 1 atom stereocenters. The minimum Gasteiger partial charge on any atom is -0.481 e. The summed E-state index contributed by atoms with van der Waals surface area (Å²) in [6, 6.07) is 1.69. The van der Waals surface area contributed by atoms with E-state index in [9.17, 15) is 9.59 Å². The number of nitrogens with zero attached hydrogens (tertiary/aromatic N) is 2. The maximum atomic E-state index is 12.2. The van der Waals surface area contributed by atoms with Gasteiger partial charge in [-0.25, -0.2) is 0 Å². The molecule has 2 rings (SSSR count). The first-order chi connectivity index (χ1) is 8.42. The Morgan fingerprint density at radius 1 is 1.50 bits per heavy atom. The summed E-state index contributed by atoms with van der Waals surface area (Å²) >= 11 is 3.26. The van der Waals surface area contributed by atoms with Crippen LogP contribution in [0.15, 0.2) is 22.9 Å². The fourth-order valence-corrected chi connectivity index (χ4v) is 2.39. The van der Waals surface area contributed by atoms with Crippen LogP contribution < -0.4 is 0 Å². The van der Waals surface area contributed by atoms with E-state index in [0.717, 1.165) is 4.47 Å². The molecule has 96 valence electrons. The van der Waals surface area contributed by atoms with Gasteiger partial charge in [0.15, 0.2) is 0 Å². The van der Waals surface area contributed by atoms with E-state index in [1.54, 1.807) is 24.1 Å². The molecule has 1 aromatic heterocycles. The number of hydrogen-bond acceptors (Lipinski definition) is 3. The fraction of sp³-hybridized carbons (Fsp3) is 0.417. The summed E-state index contributed by atoms with van der Waals surface area (Å²) < 4.78 is 0.730. The lowest BCUT2D eigenvalue weighted by Crippen LogP contribution is -2.34. The number of aromatic nitrogens is 1. The van der Waals surface area contributed by atoms with E-state index >= 15 is 0 Å². The number of carbonyl (C=O) groups is 2. The van der Waals surface area contributed by atoms with Crippen molar-refractivity contribution >= 4 is 27.8 Å². The monoisotopic (exact) mass is 312 g/mol. The summed E-state index contributed by atoms with van der Waals surface area (Å²) in [7, 11) is 0. The zero-order valence-electron chi connectivity index (χ0n) is 9.89. The SMILES string of the molecule is C[C@]1(C(=O)O)CCN(C(=O)c2cncc(Br)c2)C1. The van der Waals surface area contributed by atoms with Crippen molar-refractivity contribution in [3.8, 4) is 0 Å². The number of carboxylic acids is 1. The summed E-state index contributed by atoms with van der Waals surface area (Å²) in [5, 5.41) is 9.13. The minimum atomic E-state index is -0.856. The molecule has 1 aliphatic rings. The second-order valence-corrected chi connectivity index (χ2v) is 5.65. The molecule has 0 unspecified atom stereocenters. The lowest BCUT2D eigenvalue weighted by Gasteiger charge is -2.20. The highest BCUT2D eigenvalue weighted by molar-refractivity contribution is 9.10. The molecule has 1 amide bonds. The van der Waals surface area contributed by atoms with Gasteiger partial charge in [0.2, 0.25) is 0 Å². The molecule has 0 spiro atoms. The Morgan fingerprint density at radius 3 is 2.78 bits per heavy atom. The van der Waals surface area contributed by atoms with E-state index in [2.05, 4.69) is 20.9 Å². The maximum absolute atomic E-state index is 12.2. The summed E-state index contributed by atoms with van der Waals surface area (Å²) in [6.45, 7) is 2.38. The highest BCUT2D eigenvalue weighted by Crippen LogP contribution is 2.31. The van der Waals surface area contributed by atoms with E-state index in [-0.39, 0.29) is 12.5 Å². The molecule has 1 saturated heterocycles. The number of carbonyl (C=O) groups excluding carboxylic acids is 1. The number of aliphatic carboxylic acids is 1. The molecule has 5 nitrogen and oxygen atoms in total. The first-order valence-corrected chi connectivity index (χ1v) is 6.35. The minimum absolute atomic E-state index is 0.172. The molecule has 0 aliphatic carbocycles. The van der Waals surface area contributed by atoms with Crippen LogP contribution in [0.5, 0.6) is 0 Å². The van der Waals surface area contributed by atoms with Gasteiger partial charge in [-0.15, -0.1) is 0 Å². The van der Waals surface area contributed by atoms with Crippen molar-refractivity contribution in [1.29, 1.82) is 0 Å². The van der Waals surface area contributed by atoms with Gasteiger partial charge in [0, 0.05) is 30.0 Å². The number of likely N-dealkylation sites (tertiary alicyclic amines) is 1. The van der Waals surface area contributed by atoms with Crippen LogP contribution in [0.3, 0.4) is 0 Å². The van der Waals surface area contributed by atoms with Crippen LogP contribution >= 0.6 is 15.9 Å². The molecule has 1 aliphatic heterocycles. The standard InChI is InChI=1S/C12H13BrN2O3/c1-12(11(17)18)2-3-15(7-12)10(16)8-4-9(13)6-14-5-8/h4-6H,2-3,7H2,1H3,(H,17,18)/t12-/m0/s1. The molecular weight excluding hydrogens is 300 g/mol. The van der Waals surface area contributed by atoms with Crippen LogP contribution in [0, 0.1) is 5.41 Å². The summed E-state index contributed by atoms with van der Waals surface area (Å²) in [4.78, 5) is 28.8. The van der Waals surface area contributed by atoms with Gasteiger partial charge in [-0.05, 0) is 35.3 Å². The number of pyridine rings is 1. The fourth-order valence-electron chi connectivity index (χ4n) is 2.02. The Kier molecular flexibility index (Phi) is 3.38. The summed E-state index contributed by atoms with van der Waals surface area (Å²) in [5.74, 6) is -1.03. The van der Waals surface area contributed by atoms with Crippen molar-refractivity contribution in [2.45, 2.75) is 13.3 Å².